The van der Waals surface area contributed by atoms with Crippen LogP contribution in [0.1, 0.15) is 5.56 Å². The summed E-state index contributed by atoms with van der Waals surface area (Å²) in [5.41, 5.74) is -0.0331. The number of nitrogens with zero attached hydrogens (tertiary/aromatic N) is 2. The zero-order valence-electron chi connectivity index (χ0n) is 11.3. The summed E-state index contributed by atoms with van der Waals surface area (Å²) in [7, 11) is 0. The number of nitriles is 1. The van der Waals surface area contributed by atoms with Gasteiger partial charge in [-0.15, -0.1) is 0 Å². The third-order valence-corrected chi connectivity index (χ3v) is 2.64. The molecule has 0 N–H and O–H groups in total. The molecule has 0 saturated heterocycles. The molecule has 0 heterocycles. The van der Waals surface area contributed by atoms with Gasteiger partial charge in [0.15, 0.2) is 12.4 Å². The van der Waals surface area contributed by atoms with Gasteiger partial charge in [-0.2, -0.15) is 5.26 Å². The van der Waals surface area contributed by atoms with Gasteiger partial charge in [-0.25, -0.2) is 4.79 Å². The molecule has 0 atom stereocenters. The second-order valence-corrected chi connectivity index (χ2v) is 4.10. The van der Waals surface area contributed by atoms with Crippen LogP contribution in [0.25, 0.3) is 0 Å². The van der Waals surface area contributed by atoms with E-state index in [-0.39, 0.29) is 22.7 Å². The van der Waals surface area contributed by atoms with E-state index >= 15 is 0 Å². The number of esters is 1. The Balaban J connectivity index is 2.02. The van der Waals surface area contributed by atoms with E-state index in [0.717, 1.165) is 0 Å². The summed E-state index contributed by atoms with van der Waals surface area (Å²) in [6, 6.07) is 13.8. The molecule has 0 spiro atoms. The summed E-state index contributed by atoms with van der Waals surface area (Å²) in [5.74, 6) is -0.681. The number of benzene rings is 2. The molecule has 2 rings (SSSR count). The van der Waals surface area contributed by atoms with Crippen molar-refractivity contribution in [1.82, 2.24) is 0 Å². The SMILES string of the molecule is N#Cc1ccccc1OC(=O)COc1ccccc1[N+](=O)[O-]. The molecule has 0 amide bonds. The molecule has 2 aromatic rings. The van der Waals surface area contributed by atoms with Crippen molar-refractivity contribution in [3.8, 4) is 17.6 Å². The fourth-order valence-corrected chi connectivity index (χ4v) is 1.67. The van der Waals surface area contributed by atoms with Gasteiger partial charge >= 0.3 is 11.7 Å². The maximum Gasteiger partial charge on any atom is 0.349 e. The smallest absolute Gasteiger partial charge is 0.349 e. The quantitative estimate of drug-likeness (QED) is 0.363. The van der Waals surface area contributed by atoms with Gasteiger partial charge in [-0.1, -0.05) is 24.3 Å². The number of hydrogen-bond acceptors (Lipinski definition) is 6. The molecule has 0 bridgehead atoms. The Morgan fingerprint density at radius 2 is 1.77 bits per heavy atom. The van der Waals surface area contributed by atoms with E-state index in [2.05, 4.69) is 0 Å². The summed E-state index contributed by atoms with van der Waals surface area (Å²) in [6.07, 6.45) is 0. The van der Waals surface area contributed by atoms with Crippen LogP contribution in [-0.4, -0.2) is 17.5 Å². The lowest BCUT2D eigenvalue weighted by Crippen LogP contribution is -2.18. The Hall–Kier alpha value is -3.40. The Morgan fingerprint density at radius 1 is 1.14 bits per heavy atom. The first-order chi connectivity index (χ1) is 10.6. The van der Waals surface area contributed by atoms with Gasteiger partial charge in [0, 0.05) is 6.07 Å². The van der Waals surface area contributed by atoms with E-state index in [1.165, 1.54) is 30.3 Å². The molecule has 22 heavy (non-hydrogen) atoms. The maximum atomic E-state index is 11.7. The van der Waals surface area contributed by atoms with Crippen molar-refractivity contribution in [2.45, 2.75) is 0 Å². The van der Waals surface area contributed by atoms with Crippen LogP contribution in [0, 0.1) is 21.4 Å². The highest BCUT2D eigenvalue weighted by Gasteiger charge is 2.16. The van der Waals surface area contributed by atoms with Crippen LogP contribution in [0.5, 0.6) is 11.5 Å². The normalized spacial score (nSPS) is 9.59. The van der Waals surface area contributed by atoms with Crippen molar-refractivity contribution >= 4 is 11.7 Å². The number of nitro groups is 1. The van der Waals surface area contributed by atoms with Crippen LogP contribution in [0.3, 0.4) is 0 Å². The topological polar surface area (TPSA) is 102 Å². The highest BCUT2D eigenvalue weighted by Crippen LogP contribution is 2.25. The van der Waals surface area contributed by atoms with E-state index in [9.17, 15) is 14.9 Å². The van der Waals surface area contributed by atoms with Crippen LogP contribution in [0.2, 0.25) is 0 Å². The Labute approximate surface area is 125 Å². The van der Waals surface area contributed by atoms with Gasteiger partial charge < -0.3 is 9.47 Å². The molecule has 7 nitrogen and oxygen atoms in total. The van der Waals surface area contributed by atoms with Crippen molar-refractivity contribution in [1.29, 1.82) is 5.26 Å². The molecule has 0 unspecified atom stereocenters. The van der Waals surface area contributed by atoms with E-state index in [0.29, 0.717) is 0 Å². The molecule has 2 aromatic carbocycles. The van der Waals surface area contributed by atoms with Crippen molar-refractivity contribution in [2.24, 2.45) is 0 Å². The predicted molar refractivity (Wildman–Crippen MR) is 75.4 cm³/mol. The fourth-order valence-electron chi connectivity index (χ4n) is 1.67. The first-order valence-corrected chi connectivity index (χ1v) is 6.18. The predicted octanol–water partition coefficient (Wildman–Crippen LogP) is 2.45. The molecule has 0 aliphatic rings. The summed E-state index contributed by atoms with van der Waals surface area (Å²) < 4.78 is 10.1. The summed E-state index contributed by atoms with van der Waals surface area (Å²) in [6.45, 7) is -0.509. The number of rotatable bonds is 5. The van der Waals surface area contributed by atoms with Crippen LogP contribution < -0.4 is 9.47 Å². The van der Waals surface area contributed by atoms with Crippen LogP contribution >= 0.6 is 0 Å². The molecule has 0 fully saturated rings. The number of carbonyl (C=O) groups is 1. The summed E-state index contributed by atoms with van der Waals surface area (Å²) in [4.78, 5) is 21.9. The van der Waals surface area contributed by atoms with Crippen molar-refractivity contribution in [3.63, 3.8) is 0 Å². The third-order valence-electron chi connectivity index (χ3n) is 2.64. The number of nitro benzene ring substituents is 1. The standard InChI is InChI=1S/C15H10N2O5/c16-9-11-5-1-3-7-13(11)22-15(18)10-21-14-8-4-2-6-12(14)17(19)20/h1-8H,10H2. The summed E-state index contributed by atoms with van der Waals surface area (Å²) in [5, 5.41) is 19.7. The van der Waals surface area contributed by atoms with E-state index in [1.807, 2.05) is 6.07 Å². The zero-order valence-corrected chi connectivity index (χ0v) is 11.3. The van der Waals surface area contributed by atoms with Crippen molar-refractivity contribution in [3.05, 3.63) is 64.2 Å². The van der Waals surface area contributed by atoms with Gasteiger partial charge in [0.2, 0.25) is 0 Å². The molecule has 0 aromatic heterocycles. The van der Waals surface area contributed by atoms with E-state index in [1.54, 1.807) is 18.2 Å². The number of para-hydroxylation sites is 3. The number of carbonyl (C=O) groups excluding carboxylic acids is 1. The lowest BCUT2D eigenvalue weighted by atomic mass is 10.2. The van der Waals surface area contributed by atoms with E-state index in [4.69, 9.17) is 14.7 Å². The monoisotopic (exact) mass is 298 g/mol. The van der Waals surface area contributed by atoms with Crippen molar-refractivity contribution < 1.29 is 19.2 Å². The lowest BCUT2D eigenvalue weighted by Gasteiger charge is -2.07. The maximum absolute atomic E-state index is 11.7. The van der Waals surface area contributed by atoms with Gasteiger partial charge in [0.05, 0.1) is 10.5 Å². The lowest BCUT2D eigenvalue weighted by molar-refractivity contribution is -0.385. The molecule has 0 radical (unpaired) electrons. The number of ether oxygens (including phenoxy) is 2. The van der Waals surface area contributed by atoms with Gasteiger partial charge in [-0.05, 0) is 18.2 Å². The molecule has 0 aliphatic heterocycles. The third kappa shape index (κ3) is 3.58. The summed E-state index contributed by atoms with van der Waals surface area (Å²) >= 11 is 0. The fraction of sp³-hybridized carbons (Fsp3) is 0.0667. The molecule has 0 aliphatic carbocycles. The average Bonchev–Trinajstić information content (AvgIpc) is 2.53. The highest BCUT2D eigenvalue weighted by atomic mass is 16.6. The first kappa shape index (κ1) is 15.0. The molecular weight excluding hydrogens is 288 g/mol. The molecule has 110 valence electrons. The van der Waals surface area contributed by atoms with Gasteiger partial charge in [-0.3, -0.25) is 10.1 Å². The highest BCUT2D eigenvalue weighted by molar-refractivity contribution is 5.75. The van der Waals surface area contributed by atoms with Gasteiger partial charge in [0.1, 0.15) is 11.8 Å². The largest absolute Gasteiger partial charge is 0.475 e. The molecule has 0 saturated carbocycles. The second kappa shape index (κ2) is 6.85. The van der Waals surface area contributed by atoms with Crippen LogP contribution in [0.4, 0.5) is 5.69 Å². The first-order valence-electron chi connectivity index (χ1n) is 6.18. The van der Waals surface area contributed by atoms with E-state index < -0.39 is 17.5 Å². The Morgan fingerprint density at radius 3 is 2.45 bits per heavy atom. The van der Waals surface area contributed by atoms with Crippen molar-refractivity contribution in [2.75, 3.05) is 6.61 Å². The minimum absolute atomic E-state index is 0.0296. The molecule has 7 heteroatoms. The number of hydrogen-bond donors (Lipinski definition) is 0. The van der Waals surface area contributed by atoms with Crippen LogP contribution in [-0.2, 0) is 4.79 Å². The second-order valence-electron chi connectivity index (χ2n) is 4.10. The minimum Gasteiger partial charge on any atom is -0.475 e. The van der Waals surface area contributed by atoms with Gasteiger partial charge in [0.25, 0.3) is 0 Å². The Kier molecular flexibility index (Phi) is 4.67. The average molecular weight is 298 g/mol. The van der Waals surface area contributed by atoms with Crippen LogP contribution in [0.15, 0.2) is 48.5 Å². The Bertz CT molecular complexity index is 752. The molecular formula is C15H10N2O5. The minimum atomic E-state index is -0.763. The zero-order chi connectivity index (χ0) is 15.9.